The molecule has 0 heterocycles. The molecule has 0 bridgehead atoms. The number of hydrogen-bond acceptors (Lipinski definition) is 3. The molecule has 0 unspecified atom stereocenters. The summed E-state index contributed by atoms with van der Waals surface area (Å²) in [5.41, 5.74) is 3.27. The molecule has 0 aliphatic rings. The maximum absolute atomic E-state index is 11.7. The molecule has 0 saturated heterocycles. The number of hydrogen-bond donors (Lipinski definition) is 1. The SMILES string of the molecule is CCOC(=O)C(C)(C)NCCc1ccc(C)cc1C. The minimum absolute atomic E-state index is 0.198. The lowest BCUT2D eigenvalue weighted by Crippen LogP contribution is -2.48. The van der Waals surface area contributed by atoms with Crippen LogP contribution in [0.25, 0.3) is 0 Å². The maximum atomic E-state index is 11.7. The Labute approximate surface area is 116 Å². The predicted molar refractivity (Wildman–Crippen MR) is 78.3 cm³/mol. The molecule has 0 radical (unpaired) electrons. The van der Waals surface area contributed by atoms with Crippen molar-refractivity contribution in [3.8, 4) is 0 Å². The van der Waals surface area contributed by atoms with Gasteiger partial charge in [0.2, 0.25) is 0 Å². The Morgan fingerprint density at radius 3 is 2.58 bits per heavy atom. The van der Waals surface area contributed by atoms with Crippen molar-refractivity contribution in [2.24, 2.45) is 0 Å². The van der Waals surface area contributed by atoms with Crippen LogP contribution in [-0.2, 0) is 16.0 Å². The number of benzene rings is 1. The minimum Gasteiger partial charge on any atom is -0.465 e. The molecule has 0 amide bonds. The van der Waals surface area contributed by atoms with Crippen molar-refractivity contribution in [3.63, 3.8) is 0 Å². The highest BCUT2D eigenvalue weighted by Crippen LogP contribution is 2.12. The summed E-state index contributed by atoms with van der Waals surface area (Å²) in [6.07, 6.45) is 0.912. The molecule has 3 heteroatoms. The lowest BCUT2D eigenvalue weighted by atomic mass is 10.0. The van der Waals surface area contributed by atoms with E-state index in [9.17, 15) is 4.79 Å². The van der Waals surface area contributed by atoms with E-state index >= 15 is 0 Å². The maximum Gasteiger partial charge on any atom is 0.325 e. The Bertz CT molecular complexity index is 438. The van der Waals surface area contributed by atoms with Gasteiger partial charge in [-0.1, -0.05) is 23.8 Å². The molecule has 3 nitrogen and oxygen atoms in total. The summed E-state index contributed by atoms with van der Waals surface area (Å²) in [4.78, 5) is 11.7. The monoisotopic (exact) mass is 263 g/mol. The summed E-state index contributed by atoms with van der Waals surface area (Å²) in [7, 11) is 0. The van der Waals surface area contributed by atoms with E-state index < -0.39 is 5.54 Å². The van der Waals surface area contributed by atoms with Gasteiger partial charge < -0.3 is 10.1 Å². The summed E-state index contributed by atoms with van der Waals surface area (Å²) in [5, 5.41) is 3.26. The summed E-state index contributed by atoms with van der Waals surface area (Å²) < 4.78 is 5.05. The quantitative estimate of drug-likeness (QED) is 0.802. The number of carbonyl (C=O) groups excluding carboxylic acids is 1. The van der Waals surface area contributed by atoms with Crippen molar-refractivity contribution in [1.29, 1.82) is 0 Å². The molecular weight excluding hydrogens is 238 g/mol. The third-order valence-electron chi connectivity index (χ3n) is 3.25. The highest BCUT2D eigenvalue weighted by atomic mass is 16.5. The molecule has 0 fully saturated rings. The van der Waals surface area contributed by atoms with Gasteiger partial charge in [0.05, 0.1) is 6.61 Å². The first kappa shape index (κ1) is 15.7. The first-order valence-corrected chi connectivity index (χ1v) is 6.85. The molecule has 1 rings (SSSR count). The second-order valence-electron chi connectivity index (χ2n) is 5.45. The van der Waals surface area contributed by atoms with Crippen LogP contribution in [0.4, 0.5) is 0 Å². The van der Waals surface area contributed by atoms with Gasteiger partial charge in [-0.3, -0.25) is 4.79 Å². The summed E-state index contributed by atoms with van der Waals surface area (Å²) in [6, 6.07) is 6.47. The van der Waals surface area contributed by atoms with Gasteiger partial charge in [0.25, 0.3) is 0 Å². The van der Waals surface area contributed by atoms with Crippen LogP contribution in [0.2, 0.25) is 0 Å². The molecule has 0 aliphatic carbocycles. The second-order valence-corrected chi connectivity index (χ2v) is 5.45. The van der Waals surface area contributed by atoms with Gasteiger partial charge in [-0.2, -0.15) is 0 Å². The lowest BCUT2D eigenvalue weighted by molar-refractivity contribution is -0.149. The molecule has 1 aromatic carbocycles. The van der Waals surface area contributed by atoms with Crippen molar-refractivity contribution >= 4 is 5.97 Å². The smallest absolute Gasteiger partial charge is 0.325 e. The molecule has 1 N–H and O–H groups in total. The number of aryl methyl sites for hydroxylation is 2. The zero-order valence-corrected chi connectivity index (χ0v) is 12.7. The molecule has 19 heavy (non-hydrogen) atoms. The number of carbonyl (C=O) groups is 1. The van der Waals surface area contributed by atoms with E-state index in [-0.39, 0.29) is 5.97 Å². The Kier molecular flexibility index (Phi) is 5.55. The van der Waals surface area contributed by atoms with Crippen LogP contribution in [0, 0.1) is 13.8 Å². The standard InChI is InChI=1S/C16H25NO2/c1-6-19-15(18)16(4,5)17-10-9-14-8-7-12(2)11-13(14)3/h7-8,11,17H,6,9-10H2,1-5H3. The lowest BCUT2D eigenvalue weighted by Gasteiger charge is -2.24. The van der Waals surface area contributed by atoms with Gasteiger partial charge in [-0.05, 0) is 52.2 Å². The number of rotatable bonds is 6. The van der Waals surface area contributed by atoms with Crippen molar-refractivity contribution in [2.75, 3.05) is 13.2 Å². The molecule has 0 saturated carbocycles. The first-order valence-electron chi connectivity index (χ1n) is 6.85. The second kappa shape index (κ2) is 6.71. The fourth-order valence-corrected chi connectivity index (χ4v) is 2.02. The fraction of sp³-hybridized carbons (Fsp3) is 0.562. The molecule has 0 spiro atoms. The Morgan fingerprint density at radius 2 is 2.00 bits per heavy atom. The highest BCUT2D eigenvalue weighted by Gasteiger charge is 2.27. The van der Waals surface area contributed by atoms with Crippen LogP contribution in [0.3, 0.4) is 0 Å². The van der Waals surface area contributed by atoms with Gasteiger partial charge in [0.1, 0.15) is 5.54 Å². The van der Waals surface area contributed by atoms with E-state index in [0.717, 1.165) is 13.0 Å². The van der Waals surface area contributed by atoms with E-state index in [2.05, 4.69) is 37.4 Å². The van der Waals surface area contributed by atoms with Crippen LogP contribution in [0.5, 0.6) is 0 Å². The van der Waals surface area contributed by atoms with Crippen LogP contribution >= 0.6 is 0 Å². The van der Waals surface area contributed by atoms with Crippen LogP contribution < -0.4 is 5.32 Å². The van der Waals surface area contributed by atoms with Crippen LogP contribution in [0.15, 0.2) is 18.2 Å². The molecule has 0 aliphatic heterocycles. The zero-order valence-electron chi connectivity index (χ0n) is 12.7. The first-order chi connectivity index (χ1) is 8.86. The number of esters is 1. The van der Waals surface area contributed by atoms with Crippen molar-refractivity contribution in [3.05, 3.63) is 34.9 Å². The predicted octanol–water partition coefficient (Wildman–Crippen LogP) is 2.78. The Balaban J connectivity index is 2.51. The number of nitrogens with one attached hydrogen (secondary N) is 1. The minimum atomic E-state index is -0.630. The molecule has 0 atom stereocenters. The summed E-state index contributed by atoms with van der Waals surface area (Å²) in [6.45, 7) is 10.9. The molecule has 0 aromatic heterocycles. The Morgan fingerprint density at radius 1 is 1.32 bits per heavy atom. The van der Waals surface area contributed by atoms with E-state index in [1.807, 2.05) is 20.8 Å². The van der Waals surface area contributed by atoms with Gasteiger partial charge in [0.15, 0.2) is 0 Å². The van der Waals surface area contributed by atoms with E-state index in [0.29, 0.717) is 6.61 Å². The summed E-state index contributed by atoms with van der Waals surface area (Å²) in [5.74, 6) is -0.198. The zero-order chi connectivity index (χ0) is 14.5. The third-order valence-corrected chi connectivity index (χ3v) is 3.25. The van der Waals surface area contributed by atoms with Gasteiger partial charge >= 0.3 is 5.97 Å². The molecule has 106 valence electrons. The largest absolute Gasteiger partial charge is 0.465 e. The normalized spacial score (nSPS) is 11.4. The van der Waals surface area contributed by atoms with Crippen molar-refractivity contribution in [2.45, 2.75) is 46.6 Å². The van der Waals surface area contributed by atoms with E-state index in [4.69, 9.17) is 4.74 Å². The Hall–Kier alpha value is -1.35. The topological polar surface area (TPSA) is 38.3 Å². The van der Waals surface area contributed by atoms with Gasteiger partial charge in [-0.25, -0.2) is 0 Å². The average Bonchev–Trinajstić information content (AvgIpc) is 2.32. The van der Waals surface area contributed by atoms with Crippen LogP contribution in [-0.4, -0.2) is 24.7 Å². The highest BCUT2D eigenvalue weighted by molar-refractivity contribution is 5.79. The summed E-state index contributed by atoms with van der Waals surface area (Å²) >= 11 is 0. The van der Waals surface area contributed by atoms with E-state index in [1.54, 1.807) is 0 Å². The molecular formula is C16H25NO2. The average molecular weight is 263 g/mol. The van der Waals surface area contributed by atoms with Crippen molar-refractivity contribution in [1.82, 2.24) is 5.32 Å². The number of ether oxygens (including phenoxy) is 1. The van der Waals surface area contributed by atoms with Gasteiger partial charge in [0, 0.05) is 6.54 Å². The molecule has 1 aromatic rings. The van der Waals surface area contributed by atoms with Crippen molar-refractivity contribution < 1.29 is 9.53 Å². The van der Waals surface area contributed by atoms with Gasteiger partial charge in [-0.15, -0.1) is 0 Å². The van der Waals surface area contributed by atoms with E-state index in [1.165, 1.54) is 16.7 Å². The third kappa shape index (κ3) is 4.67. The van der Waals surface area contributed by atoms with Crippen LogP contribution in [0.1, 0.15) is 37.5 Å². The fourth-order valence-electron chi connectivity index (χ4n) is 2.02.